The number of hydrogen-bond acceptors (Lipinski definition) is 12. The van der Waals surface area contributed by atoms with Crippen molar-refractivity contribution < 1.29 is 59.3 Å². The molecule has 16 unspecified atom stereocenters. The molecule has 78 heavy (non-hydrogen) atoms. The molecular weight excluding hydrogens is 985 g/mol. The second kappa shape index (κ2) is 24.1. The molecule has 16 atom stereocenters. The first-order valence-electron chi connectivity index (χ1n) is 28.9. The van der Waals surface area contributed by atoms with Gasteiger partial charge in [-0.2, -0.15) is 0 Å². The van der Waals surface area contributed by atoms with Crippen LogP contribution in [0.1, 0.15) is 133 Å². The van der Waals surface area contributed by atoms with Crippen LogP contribution in [0.2, 0.25) is 0 Å². The van der Waals surface area contributed by atoms with Crippen LogP contribution in [-0.4, -0.2) is 103 Å². The van der Waals surface area contributed by atoms with Gasteiger partial charge in [0.15, 0.2) is 35.0 Å². The van der Waals surface area contributed by atoms with Gasteiger partial charge in [0.1, 0.15) is 12.2 Å². The molecule has 12 heteroatoms. The van der Waals surface area contributed by atoms with E-state index in [1.807, 2.05) is 44.2 Å². The maximum atomic E-state index is 14.3. The largest absolute Gasteiger partial charge is 0.451 e. The number of aliphatic hydroxyl groups excluding tert-OH is 4. The molecule has 8 aliphatic carbocycles. The molecule has 4 fully saturated rings. The van der Waals surface area contributed by atoms with Gasteiger partial charge < -0.3 is 40.1 Å². The van der Waals surface area contributed by atoms with Crippen LogP contribution in [-0.2, 0) is 28.7 Å². The fourth-order valence-electron chi connectivity index (χ4n) is 15.5. The van der Waals surface area contributed by atoms with Gasteiger partial charge in [0.05, 0.1) is 24.0 Å². The Morgan fingerprint density at radius 3 is 1.27 bits per heavy atom. The maximum Gasteiger partial charge on any atom is 0.331 e. The number of rotatable bonds is 19. The summed E-state index contributed by atoms with van der Waals surface area (Å²) < 4.78 is 11.6. The highest BCUT2D eigenvalue weighted by atomic mass is 16.6. The summed E-state index contributed by atoms with van der Waals surface area (Å²) in [6.07, 6.45) is 36.6. The molecule has 8 rings (SSSR count). The minimum atomic E-state index is -2.12. The summed E-state index contributed by atoms with van der Waals surface area (Å²) in [6, 6.07) is 0. The van der Waals surface area contributed by atoms with E-state index >= 15 is 0 Å². The topological polar surface area (TPSA) is 208 Å². The fourth-order valence-corrected chi connectivity index (χ4v) is 15.5. The number of hydrogen-bond donors (Lipinski definition) is 6. The van der Waals surface area contributed by atoms with E-state index < -0.39 is 83.4 Å². The number of esters is 2. The first-order chi connectivity index (χ1) is 37.0. The molecule has 0 heterocycles. The normalized spacial score (nSPS) is 38.9. The van der Waals surface area contributed by atoms with Crippen molar-refractivity contribution in [2.24, 2.45) is 69.0 Å². The highest BCUT2D eigenvalue weighted by Crippen LogP contribution is 2.73. The van der Waals surface area contributed by atoms with Crippen LogP contribution in [0.4, 0.5) is 0 Å². The second-order valence-corrected chi connectivity index (χ2v) is 25.1. The van der Waals surface area contributed by atoms with Crippen molar-refractivity contribution in [1.29, 1.82) is 0 Å². The van der Waals surface area contributed by atoms with Crippen molar-refractivity contribution in [3.63, 3.8) is 0 Å². The van der Waals surface area contributed by atoms with Crippen molar-refractivity contribution in [3.8, 4) is 0 Å². The molecule has 6 N–H and O–H groups in total. The second-order valence-electron chi connectivity index (χ2n) is 25.1. The number of unbranched alkanes of at least 4 members (excludes halogenated alkanes) is 6. The highest BCUT2D eigenvalue weighted by molar-refractivity contribution is 5.97. The van der Waals surface area contributed by atoms with Gasteiger partial charge in [0.25, 0.3) is 0 Å². The average molecular weight is 1080 g/mol. The summed E-state index contributed by atoms with van der Waals surface area (Å²) in [5.74, 6) is -2.57. The fraction of sp³-hybridized carbons (Fsp3) is 0.606. The lowest BCUT2D eigenvalue weighted by Gasteiger charge is -2.48. The third-order valence-corrected chi connectivity index (χ3v) is 19.8. The summed E-state index contributed by atoms with van der Waals surface area (Å²) in [6.45, 7) is 19.3. The maximum absolute atomic E-state index is 14.3. The Morgan fingerprint density at radius 1 is 0.577 bits per heavy atom. The van der Waals surface area contributed by atoms with E-state index in [-0.39, 0.29) is 57.2 Å². The van der Waals surface area contributed by atoms with Gasteiger partial charge in [0.2, 0.25) is 0 Å². The number of aliphatic hydroxyl groups is 6. The van der Waals surface area contributed by atoms with Crippen LogP contribution in [0.3, 0.4) is 0 Å². The Hall–Kier alpha value is -4.82. The Balaban J connectivity index is 0.000000226. The zero-order valence-electron chi connectivity index (χ0n) is 47.9. The van der Waals surface area contributed by atoms with E-state index in [1.54, 1.807) is 68.5 Å². The Bertz CT molecular complexity index is 2620. The van der Waals surface area contributed by atoms with Gasteiger partial charge in [-0.25, -0.2) is 9.59 Å². The van der Waals surface area contributed by atoms with E-state index in [4.69, 9.17) is 9.47 Å². The SMILES string of the molecule is CCCCC/C=C/C=C/C=C/C(=O)OC1C(C)=CC23C(=O)C(C=C(CO)C(O)C12O)C1C(CC3C)C1(C)C.CCCCC/C=C/C=C/C=C/C=C/C(=O)OC1C(C)=CC23C(=O)C(C=C(CO)C(O)C12O)C1C(CC3C)C1(C)C. The number of carbonyl (C=O) groups is 4. The lowest BCUT2D eigenvalue weighted by Crippen LogP contribution is -2.65. The smallest absolute Gasteiger partial charge is 0.331 e. The summed E-state index contributed by atoms with van der Waals surface area (Å²) in [7, 11) is 0. The summed E-state index contributed by atoms with van der Waals surface area (Å²) in [5, 5.41) is 68.2. The van der Waals surface area contributed by atoms with Gasteiger partial charge in [-0.05, 0) is 121 Å². The van der Waals surface area contributed by atoms with E-state index in [2.05, 4.69) is 53.7 Å². The molecule has 0 radical (unpaired) electrons. The first-order valence-corrected chi connectivity index (χ1v) is 28.9. The zero-order valence-corrected chi connectivity index (χ0v) is 47.9. The van der Waals surface area contributed by atoms with E-state index in [9.17, 15) is 49.8 Å². The van der Waals surface area contributed by atoms with E-state index in [0.717, 1.165) is 25.7 Å². The third kappa shape index (κ3) is 10.4. The first kappa shape index (κ1) is 60.8. The minimum absolute atomic E-state index is 0.0348. The van der Waals surface area contributed by atoms with Gasteiger partial charge in [-0.15, -0.1) is 0 Å². The number of ketones is 2. The van der Waals surface area contributed by atoms with E-state index in [0.29, 0.717) is 29.4 Å². The van der Waals surface area contributed by atoms with Crippen molar-refractivity contribution in [3.05, 3.63) is 132 Å². The lowest BCUT2D eigenvalue weighted by atomic mass is 9.59. The highest BCUT2D eigenvalue weighted by Gasteiger charge is 2.78. The van der Waals surface area contributed by atoms with Gasteiger partial charge in [-0.1, -0.05) is 178 Å². The molecule has 8 aliphatic rings. The molecular formula is C66H90O12. The van der Waals surface area contributed by atoms with Gasteiger partial charge in [0, 0.05) is 24.0 Å². The predicted octanol–water partition coefficient (Wildman–Crippen LogP) is 9.79. The molecule has 0 saturated heterocycles. The molecule has 0 aromatic carbocycles. The van der Waals surface area contributed by atoms with Crippen LogP contribution in [0.15, 0.2) is 132 Å². The molecule has 2 spiro atoms. The van der Waals surface area contributed by atoms with Crippen LogP contribution >= 0.6 is 0 Å². The van der Waals surface area contributed by atoms with Crippen LogP contribution in [0, 0.1) is 69.0 Å². The monoisotopic (exact) mass is 1070 g/mol. The summed E-state index contributed by atoms with van der Waals surface area (Å²) in [4.78, 5) is 54.4. The molecule has 0 amide bonds. The van der Waals surface area contributed by atoms with Crippen molar-refractivity contribution in [1.82, 2.24) is 0 Å². The lowest BCUT2D eigenvalue weighted by molar-refractivity contribution is -0.201. The third-order valence-electron chi connectivity index (χ3n) is 19.8. The van der Waals surface area contributed by atoms with Crippen LogP contribution < -0.4 is 0 Å². The number of Topliss-reactive ketones (excluding diaryl/α,β-unsaturated/α-hetero) is 2. The van der Waals surface area contributed by atoms with Crippen molar-refractivity contribution in [2.75, 3.05) is 13.2 Å². The average Bonchev–Trinajstić information content (AvgIpc) is 4.25. The Labute approximate surface area is 463 Å². The van der Waals surface area contributed by atoms with Crippen molar-refractivity contribution in [2.45, 2.75) is 169 Å². The molecule has 0 aromatic rings. The molecule has 426 valence electrons. The number of allylic oxidation sites excluding steroid dienone is 14. The van der Waals surface area contributed by atoms with Gasteiger partial charge >= 0.3 is 11.9 Å². The zero-order chi connectivity index (χ0) is 57.2. The molecule has 12 nitrogen and oxygen atoms in total. The Morgan fingerprint density at radius 2 is 0.923 bits per heavy atom. The quantitative estimate of drug-likeness (QED) is 0.0235. The Kier molecular flexibility index (Phi) is 18.8. The summed E-state index contributed by atoms with van der Waals surface area (Å²) >= 11 is 0. The van der Waals surface area contributed by atoms with Crippen molar-refractivity contribution >= 4 is 23.5 Å². The number of carbonyl (C=O) groups excluding carboxylic acids is 4. The van der Waals surface area contributed by atoms with Crippen LogP contribution in [0.5, 0.6) is 0 Å². The number of fused-ring (bicyclic) bond motifs is 6. The predicted molar refractivity (Wildman–Crippen MR) is 303 cm³/mol. The van der Waals surface area contributed by atoms with Crippen LogP contribution in [0.25, 0.3) is 0 Å². The molecule has 4 bridgehead atoms. The van der Waals surface area contributed by atoms with Gasteiger partial charge in [-0.3, -0.25) is 9.59 Å². The molecule has 4 saturated carbocycles. The molecule has 0 aliphatic heterocycles. The minimum Gasteiger partial charge on any atom is -0.451 e. The molecule has 0 aromatic heterocycles. The van der Waals surface area contributed by atoms with E-state index in [1.165, 1.54) is 44.3 Å². The standard InChI is InChI=1S/C34H46O6.C32H44O6/c1-6-7-8-9-10-11-12-13-14-15-16-17-27(36)40-31-22(2)20-33-23(3)18-26-28(32(26,4)5)25(30(33)38)19-24(21-35)29(37)34(31,33)39;1-6-7-8-9-10-11-12-13-14-15-25(34)38-29-20(2)18-31-21(3)16-24-26(30(24,4)5)23(28(31)36)17-22(19-33)27(35)32(29,31)37/h10-17,19-20,23,25-26,28-29,31,35,37,39H,6-9,18,21H2,1-5H3;10-15,17-18,21,23-24,26-27,29,33,35,37H,6-9,16,19H2,1-5H3/b11-10+,13-12+,15-14+,17-16+;11-10+,13-12+,15-14+. The summed E-state index contributed by atoms with van der Waals surface area (Å²) in [5.41, 5.74) is -5.69. The number of ether oxygens (including phenoxy) is 2.